The Morgan fingerprint density at radius 1 is 1.35 bits per heavy atom. The van der Waals surface area contributed by atoms with Crippen molar-refractivity contribution in [1.29, 1.82) is 0 Å². The summed E-state index contributed by atoms with van der Waals surface area (Å²) in [5.41, 5.74) is 2.79. The summed E-state index contributed by atoms with van der Waals surface area (Å²) in [5, 5.41) is 0. The number of rotatable bonds is 4. The highest BCUT2D eigenvalue weighted by Gasteiger charge is 2.22. The number of ether oxygens (including phenoxy) is 1. The summed E-state index contributed by atoms with van der Waals surface area (Å²) in [6, 6.07) is 2.39. The summed E-state index contributed by atoms with van der Waals surface area (Å²) in [4.78, 5) is 20.2. The number of nitrogens with zero attached hydrogens (tertiary/aromatic N) is 4. The minimum atomic E-state index is 0.0275. The Balaban J connectivity index is 1.71. The quantitative estimate of drug-likeness (QED) is 0.762. The molecule has 3 heterocycles. The van der Waals surface area contributed by atoms with E-state index >= 15 is 0 Å². The molecule has 2 aliphatic rings. The van der Waals surface area contributed by atoms with E-state index in [9.17, 15) is 4.79 Å². The Morgan fingerprint density at radius 3 is 3.00 bits per heavy atom. The molecule has 1 saturated heterocycles. The standard InChI is InChI=1S/C19H25BrN4O2/c1-14-13-26-10-9-22(14)7-8-23-17-11-15(20)12-21-18(17)24(19(23)25)16-5-3-2-4-6-16/h5,11-12,14H,2-4,6-10,13H2,1H3/t14-/m0/s1. The molecule has 1 aliphatic heterocycles. The zero-order valence-electron chi connectivity index (χ0n) is 15.2. The van der Waals surface area contributed by atoms with Crippen molar-refractivity contribution in [3.63, 3.8) is 0 Å². The lowest BCUT2D eigenvalue weighted by Gasteiger charge is -2.33. The van der Waals surface area contributed by atoms with Crippen molar-refractivity contribution in [3.8, 4) is 0 Å². The third kappa shape index (κ3) is 3.40. The van der Waals surface area contributed by atoms with Gasteiger partial charge in [-0.25, -0.2) is 14.3 Å². The monoisotopic (exact) mass is 420 g/mol. The maximum Gasteiger partial charge on any atom is 0.334 e. The van der Waals surface area contributed by atoms with E-state index in [1.54, 1.807) is 6.20 Å². The molecule has 0 spiro atoms. The first-order valence-electron chi connectivity index (χ1n) is 9.43. The highest BCUT2D eigenvalue weighted by atomic mass is 79.9. The number of halogens is 1. The summed E-state index contributed by atoms with van der Waals surface area (Å²) >= 11 is 3.51. The summed E-state index contributed by atoms with van der Waals surface area (Å²) < 4.78 is 10.1. The molecule has 1 aliphatic carbocycles. The van der Waals surface area contributed by atoms with Gasteiger partial charge in [-0.3, -0.25) is 9.47 Å². The fourth-order valence-electron chi connectivity index (χ4n) is 3.93. The second-order valence-electron chi connectivity index (χ2n) is 7.17. The van der Waals surface area contributed by atoms with Gasteiger partial charge in [0.15, 0.2) is 5.65 Å². The third-order valence-electron chi connectivity index (χ3n) is 5.41. The second kappa shape index (κ2) is 7.66. The van der Waals surface area contributed by atoms with Crippen molar-refractivity contribution in [2.24, 2.45) is 0 Å². The SMILES string of the molecule is C[C@H]1COCCN1CCn1c(=O)n(C2=CCCCC2)c2ncc(Br)cc21. The molecule has 0 amide bonds. The number of allylic oxidation sites excluding steroid dienone is 2. The van der Waals surface area contributed by atoms with Gasteiger partial charge in [0.1, 0.15) is 0 Å². The fourth-order valence-corrected chi connectivity index (χ4v) is 4.25. The minimum Gasteiger partial charge on any atom is -0.379 e. The molecule has 2 aromatic rings. The van der Waals surface area contributed by atoms with Crippen LogP contribution in [-0.2, 0) is 11.3 Å². The van der Waals surface area contributed by atoms with E-state index in [2.05, 4.69) is 38.8 Å². The number of hydrogen-bond donors (Lipinski definition) is 0. The summed E-state index contributed by atoms with van der Waals surface area (Å²) in [6.07, 6.45) is 8.28. The van der Waals surface area contributed by atoms with Crippen LogP contribution >= 0.6 is 15.9 Å². The topological polar surface area (TPSA) is 52.3 Å². The van der Waals surface area contributed by atoms with Gasteiger partial charge in [-0.2, -0.15) is 0 Å². The van der Waals surface area contributed by atoms with Crippen LogP contribution in [0.15, 0.2) is 27.6 Å². The number of morpholine rings is 1. The maximum absolute atomic E-state index is 13.2. The Hall–Kier alpha value is -1.44. The lowest BCUT2D eigenvalue weighted by molar-refractivity contribution is -0.00162. The normalized spacial score (nSPS) is 21.9. The predicted octanol–water partition coefficient (Wildman–Crippen LogP) is 3.10. The van der Waals surface area contributed by atoms with Crippen molar-refractivity contribution < 1.29 is 4.74 Å². The second-order valence-corrected chi connectivity index (χ2v) is 8.08. The van der Waals surface area contributed by atoms with Crippen LogP contribution in [-0.4, -0.2) is 51.4 Å². The van der Waals surface area contributed by atoms with Crippen molar-refractivity contribution in [2.75, 3.05) is 26.3 Å². The van der Waals surface area contributed by atoms with Crippen LogP contribution in [0.4, 0.5) is 0 Å². The van der Waals surface area contributed by atoms with E-state index in [0.717, 1.165) is 66.9 Å². The van der Waals surface area contributed by atoms with Crippen LogP contribution < -0.4 is 5.69 Å². The van der Waals surface area contributed by atoms with Gasteiger partial charge in [0.05, 0.1) is 18.7 Å². The molecular formula is C19H25BrN4O2. The van der Waals surface area contributed by atoms with E-state index in [1.165, 1.54) is 6.42 Å². The lowest BCUT2D eigenvalue weighted by atomic mass is 10.0. The number of aromatic nitrogens is 3. The van der Waals surface area contributed by atoms with Gasteiger partial charge in [0, 0.05) is 42.0 Å². The van der Waals surface area contributed by atoms with Crippen molar-refractivity contribution in [2.45, 2.75) is 45.2 Å². The van der Waals surface area contributed by atoms with Gasteiger partial charge in [-0.15, -0.1) is 0 Å². The third-order valence-corrected chi connectivity index (χ3v) is 5.84. The van der Waals surface area contributed by atoms with Crippen LogP contribution in [0.2, 0.25) is 0 Å². The van der Waals surface area contributed by atoms with Gasteiger partial charge in [-0.05, 0) is 54.6 Å². The van der Waals surface area contributed by atoms with E-state index in [0.29, 0.717) is 12.6 Å². The Labute approximate surface area is 161 Å². The fraction of sp³-hybridized carbons (Fsp3) is 0.579. The summed E-state index contributed by atoms with van der Waals surface area (Å²) in [7, 11) is 0. The predicted molar refractivity (Wildman–Crippen MR) is 106 cm³/mol. The first-order valence-corrected chi connectivity index (χ1v) is 10.2. The molecule has 1 fully saturated rings. The van der Waals surface area contributed by atoms with Gasteiger partial charge in [0.25, 0.3) is 0 Å². The molecule has 4 rings (SSSR count). The number of hydrogen-bond acceptors (Lipinski definition) is 4. The van der Waals surface area contributed by atoms with Crippen LogP contribution in [0.5, 0.6) is 0 Å². The zero-order chi connectivity index (χ0) is 18.1. The lowest BCUT2D eigenvalue weighted by Crippen LogP contribution is -2.45. The summed E-state index contributed by atoms with van der Waals surface area (Å²) in [5.74, 6) is 0. The molecule has 2 aromatic heterocycles. The number of fused-ring (bicyclic) bond motifs is 1. The highest BCUT2D eigenvalue weighted by Crippen LogP contribution is 2.25. The van der Waals surface area contributed by atoms with E-state index < -0.39 is 0 Å². The molecular weight excluding hydrogens is 396 g/mol. The first kappa shape index (κ1) is 17.9. The number of imidazole rings is 1. The molecule has 26 heavy (non-hydrogen) atoms. The van der Waals surface area contributed by atoms with Crippen LogP contribution in [0, 0.1) is 0 Å². The molecule has 0 radical (unpaired) electrons. The molecule has 1 atom stereocenters. The van der Waals surface area contributed by atoms with Crippen molar-refractivity contribution >= 4 is 32.8 Å². The van der Waals surface area contributed by atoms with Gasteiger partial charge < -0.3 is 4.74 Å². The summed E-state index contributed by atoms with van der Waals surface area (Å²) in [6.45, 7) is 6.13. The van der Waals surface area contributed by atoms with Gasteiger partial charge >= 0.3 is 5.69 Å². The molecule has 6 nitrogen and oxygen atoms in total. The smallest absolute Gasteiger partial charge is 0.334 e. The van der Waals surface area contributed by atoms with Crippen LogP contribution in [0.3, 0.4) is 0 Å². The average molecular weight is 421 g/mol. The number of pyridine rings is 1. The highest BCUT2D eigenvalue weighted by molar-refractivity contribution is 9.10. The zero-order valence-corrected chi connectivity index (χ0v) is 16.7. The van der Waals surface area contributed by atoms with E-state index in [-0.39, 0.29) is 5.69 Å². The largest absolute Gasteiger partial charge is 0.379 e. The maximum atomic E-state index is 13.2. The van der Waals surface area contributed by atoms with E-state index in [1.807, 2.05) is 15.2 Å². The van der Waals surface area contributed by atoms with Crippen molar-refractivity contribution in [3.05, 3.63) is 33.3 Å². The van der Waals surface area contributed by atoms with Gasteiger partial charge in [0.2, 0.25) is 0 Å². The van der Waals surface area contributed by atoms with Crippen molar-refractivity contribution in [1.82, 2.24) is 19.0 Å². The van der Waals surface area contributed by atoms with Gasteiger partial charge in [-0.1, -0.05) is 6.08 Å². The Bertz CT molecular complexity index is 886. The molecule has 0 bridgehead atoms. The minimum absolute atomic E-state index is 0.0275. The molecule has 0 N–H and O–H groups in total. The molecule has 0 saturated carbocycles. The Morgan fingerprint density at radius 2 is 2.23 bits per heavy atom. The van der Waals surface area contributed by atoms with Crippen LogP contribution in [0.25, 0.3) is 16.9 Å². The molecule has 0 aromatic carbocycles. The molecule has 0 unspecified atom stereocenters. The Kier molecular flexibility index (Phi) is 5.29. The first-order chi connectivity index (χ1) is 12.6. The van der Waals surface area contributed by atoms with E-state index in [4.69, 9.17) is 4.74 Å². The van der Waals surface area contributed by atoms with Crippen LogP contribution in [0.1, 0.15) is 32.6 Å². The molecule has 7 heteroatoms. The average Bonchev–Trinajstić information content (AvgIpc) is 2.92. The molecule has 140 valence electrons.